The van der Waals surface area contributed by atoms with E-state index in [9.17, 15) is 19.7 Å². The number of nitrogens with zero attached hydrogens (tertiary/aromatic N) is 1. The Kier molecular flexibility index (Phi) is 5.07. The molecule has 2 aromatic rings. The lowest BCUT2D eigenvalue weighted by molar-refractivity contribution is -0.380. The van der Waals surface area contributed by atoms with Crippen molar-refractivity contribution in [3.8, 4) is 0 Å². The van der Waals surface area contributed by atoms with E-state index in [4.69, 9.17) is 4.74 Å². The van der Waals surface area contributed by atoms with Gasteiger partial charge in [0.05, 0.1) is 22.5 Å². The Bertz CT molecular complexity index is 974. The van der Waals surface area contributed by atoms with E-state index in [1.807, 2.05) is 13.8 Å². The molecule has 0 aliphatic carbocycles. The summed E-state index contributed by atoms with van der Waals surface area (Å²) in [5.74, 6) is -1.01. The monoisotopic (exact) mass is 423 g/mol. The lowest BCUT2D eigenvalue weighted by atomic mass is 9.81. The van der Waals surface area contributed by atoms with Crippen LogP contribution in [0.1, 0.15) is 58.2 Å². The quantitative estimate of drug-likeness (QED) is 0.438. The molecule has 0 saturated heterocycles. The van der Waals surface area contributed by atoms with Crippen LogP contribution in [0.4, 0.5) is 10.0 Å². The van der Waals surface area contributed by atoms with Crippen LogP contribution in [-0.4, -0.2) is 29.4 Å². The highest BCUT2D eigenvalue weighted by Gasteiger charge is 2.42. The zero-order valence-corrected chi connectivity index (χ0v) is 17.8. The number of amides is 1. The molecule has 0 spiro atoms. The summed E-state index contributed by atoms with van der Waals surface area (Å²) in [6, 6.07) is 2.69. The molecule has 10 heteroatoms. The highest BCUT2D eigenvalue weighted by molar-refractivity contribution is 7.18. The molecule has 0 aromatic carbocycles. The molecule has 150 valence electrons. The van der Waals surface area contributed by atoms with Crippen LogP contribution in [0.25, 0.3) is 0 Å². The van der Waals surface area contributed by atoms with Gasteiger partial charge in [-0.1, -0.05) is 11.3 Å². The van der Waals surface area contributed by atoms with Gasteiger partial charge in [0.25, 0.3) is 5.91 Å². The Morgan fingerprint density at radius 2 is 1.93 bits per heavy atom. The van der Waals surface area contributed by atoms with Crippen molar-refractivity contribution >= 4 is 44.6 Å². The lowest BCUT2D eigenvalue weighted by Crippen LogP contribution is -2.55. The number of anilines is 1. The Morgan fingerprint density at radius 1 is 1.25 bits per heavy atom. The first-order chi connectivity index (χ1) is 12.9. The number of hydrogen-bond donors (Lipinski definition) is 2. The maximum atomic E-state index is 12.6. The van der Waals surface area contributed by atoms with Gasteiger partial charge < -0.3 is 15.4 Å². The number of nitrogens with one attached hydrogen (secondary N) is 2. The van der Waals surface area contributed by atoms with E-state index in [2.05, 4.69) is 24.5 Å². The van der Waals surface area contributed by atoms with Gasteiger partial charge >= 0.3 is 11.0 Å². The van der Waals surface area contributed by atoms with Crippen LogP contribution < -0.4 is 10.6 Å². The minimum Gasteiger partial charge on any atom is -0.465 e. The summed E-state index contributed by atoms with van der Waals surface area (Å²) in [6.07, 6.45) is 0.604. The first-order valence-electron chi connectivity index (χ1n) is 8.54. The van der Waals surface area contributed by atoms with Gasteiger partial charge in [0.2, 0.25) is 0 Å². The number of fused-ring (bicyclic) bond motifs is 1. The summed E-state index contributed by atoms with van der Waals surface area (Å²) in [6.45, 7) is 8.16. The predicted octanol–water partition coefficient (Wildman–Crippen LogP) is 3.92. The number of rotatable bonds is 4. The van der Waals surface area contributed by atoms with E-state index in [1.165, 1.54) is 30.6 Å². The third-order valence-electron chi connectivity index (χ3n) is 4.46. The van der Waals surface area contributed by atoms with Gasteiger partial charge in [-0.25, -0.2) is 4.79 Å². The molecule has 0 atom stereocenters. The maximum absolute atomic E-state index is 12.6. The normalized spacial score (nSPS) is 16.9. The molecule has 3 rings (SSSR count). The van der Waals surface area contributed by atoms with Gasteiger partial charge in [0.1, 0.15) is 5.00 Å². The van der Waals surface area contributed by atoms with E-state index in [1.54, 1.807) is 0 Å². The number of esters is 1. The molecule has 3 heterocycles. The van der Waals surface area contributed by atoms with Gasteiger partial charge in [-0.15, -0.1) is 11.3 Å². The Hall–Kier alpha value is -2.30. The van der Waals surface area contributed by atoms with Crippen LogP contribution in [0, 0.1) is 10.1 Å². The van der Waals surface area contributed by atoms with Crippen molar-refractivity contribution in [2.75, 3.05) is 12.4 Å². The van der Waals surface area contributed by atoms with Crippen LogP contribution in [0.15, 0.2) is 12.1 Å². The number of carbonyl (C=O) groups excluding carboxylic acids is 2. The molecule has 1 aliphatic rings. The largest absolute Gasteiger partial charge is 0.465 e. The second-order valence-corrected chi connectivity index (χ2v) is 9.85. The zero-order chi connectivity index (χ0) is 20.9. The van der Waals surface area contributed by atoms with Gasteiger partial charge in [-0.05, 0) is 45.7 Å². The van der Waals surface area contributed by atoms with E-state index in [-0.39, 0.29) is 15.4 Å². The van der Waals surface area contributed by atoms with Crippen LogP contribution in [0.5, 0.6) is 0 Å². The highest BCUT2D eigenvalue weighted by Crippen LogP contribution is 2.45. The summed E-state index contributed by atoms with van der Waals surface area (Å²) in [5, 5.41) is 17.5. The van der Waals surface area contributed by atoms with Crippen molar-refractivity contribution in [2.24, 2.45) is 0 Å². The first kappa shape index (κ1) is 20.4. The average Bonchev–Trinajstić information content (AvgIpc) is 3.18. The van der Waals surface area contributed by atoms with E-state index < -0.39 is 22.3 Å². The molecule has 28 heavy (non-hydrogen) atoms. The molecule has 2 N–H and O–H groups in total. The third kappa shape index (κ3) is 3.67. The number of carbonyl (C=O) groups is 2. The SMILES string of the molecule is COC(=O)c1c(NC(=O)c2ccc([N+](=O)[O-])s2)sc2c1CC(C)(C)NC2(C)C. The molecule has 0 fully saturated rings. The lowest BCUT2D eigenvalue weighted by Gasteiger charge is -2.42. The highest BCUT2D eigenvalue weighted by atomic mass is 32.1. The minimum atomic E-state index is -0.540. The molecular weight excluding hydrogens is 402 g/mol. The van der Waals surface area contributed by atoms with Gasteiger partial charge in [-0.3, -0.25) is 14.9 Å². The Labute approximate surface area is 170 Å². The van der Waals surface area contributed by atoms with Crippen LogP contribution in [-0.2, 0) is 16.7 Å². The standard InChI is InChI=1S/C18H21N3O5S2/c1-17(2)8-9-12(16(23)26-5)15(28-13(9)18(3,4)20-17)19-14(22)10-6-7-11(27-10)21(24)25/h6-7,20H,8H2,1-5H3,(H,19,22). The van der Waals surface area contributed by atoms with Crippen molar-refractivity contribution in [1.82, 2.24) is 5.32 Å². The molecule has 1 aliphatic heterocycles. The predicted molar refractivity (Wildman–Crippen MR) is 109 cm³/mol. The Morgan fingerprint density at radius 3 is 2.50 bits per heavy atom. The number of methoxy groups -OCH3 is 1. The molecule has 8 nitrogen and oxygen atoms in total. The molecule has 0 radical (unpaired) electrons. The number of ether oxygens (including phenoxy) is 1. The fraction of sp³-hybridized carbons (Fsp3) is 0.444. The molecule has 0 saturated carbocycles. The van der Waals surface area contributed by atoms with Crippen LogP contribution in [0.2, 0.25) is 0 Å². The molecule has 1 amide bonds. The number of thiophene rings is 2. The molecule has 2 aromatic heterocycles. The van der Waals surface area contributed by atoms with Crippen molar-refractivity contribution in [2.45, 2.75) is 45.2 Å². The van der Waals surface area contributed by atoms with Crippen LogP contribution in [0.3, 0.4) is 0 Å². The first-order valence-corrected chi connectivity index (χ1v) is 10.2. The second-order valence-electron chi connectivity index (χ2n) is 7.77. The molecule has 0 unspecified atom stereocenters. The third-order valence-corrected chi connectivity index (χ3v) is 6.96. The smallest absolute Gasteiger partial charge is 0.341 e. The second kappa shape index (κ2) is 6.94. The maximum Gasteiger partial charge on any atom is 0.341 e. The number of hydrogen-bond acceptors (Lipinski definition) is 8. The average molecular weight is 424 g/mol. The zero-order valence-electron chi connectivity index (χ0n) is 16.2. The van der Waals surface area contributed by atoms with Gasteiger partial charge in [0.15, 0.2) is 0 Å². The van der Waals surface area contributed by atoms with Crippen molar-refractivity contribution in [3.63, 3.8) is 0 Å². The van der Waals surface area contributed by atoms with Crippen molar-refractivity contribution in [1.29, 1.82) is 0 Å². The molecule has 0 bridgehead atoms. The topological polar surface area (TPSA) is 111 Å². The molecular formula is C18H21N3O5S2. The summed E-state index contributed by atoms with van der Waals surface area (Å²) >= 11 is 2.11. The van der Waals surface area contributed by atoms with E-state index >= 15 is 0 Å². The van der Waals surface area contributed by atoms with Crippen LogP contribution >= 0.6 is 22.7 Å². The van der Waals surface area contributed by atoms with Crippen molar-refractivity contribution in [3.05, 3.63) is 43.1 Å². The summed E-state index contributed by atoms with van der Waals surface area (Å²) in [4.78, 5) is 36.6. The fourth-order valence-corrected chi connectivity index (χ4v) is 5.62. The fourth-order valence-electron chi connectivity index (χ4n) is 3.65. The number of nitro groups is 1. The summed E-state index contributed by atoms with van der Waals surface area (Å²) in [7, 11) is 1.30. The van der Waals surface area contributed by atoms with Crippen molar-refractivity contribution < 1.29 is 19.2 Å². The van der Waals surface area contributed by atoms with Gasteiger partial charge in [-0.2, -0.15) is 0 Å². The van der Waals surface area contributed by atoms with E-state index in [0.717, 1.165) is 21.8 Å². The summed E-state index contributed by atoms with van der Waals surface area (Å²) < 4.78 is 4.97. The van der Waals surface area contributed by atoms with E-state index in [0.29, 0.717) is 17.0 Å². The Balaban J connectivity index is 2.03. The summed E-state index contributed by atoms with van der Waals surface area (Å²) in [5.41, 5.74) is 0.577. The van der Waals surface area contributed by atoms with Gasteiger partial charge in [0, 0.05) is 22.0 Å². The minimum absolute atomic E-state index is 0.115.